The van der Waals surface area contributed by atoms with Gasteiger partial charge in [0.15, 0.2) is 0 Å². The Balaban J connectivity index is 0.00000592. The number of aromatic hydroxyl groups is 1. The molecule has 0 bridgehead atoms. The number of hydrogen-bond acceptors (Lipinski definition) is 3. The molecule has 9 aromatic rings. The molecular weight excluding hydrogens is 950 g/mol. The van der Waals surface area contributed by atoms with Crippen LogP contribution in [0.3, 0.4) is 0 Å². The summed E-state index contributed by atoms with van der Waals surface area (Å²) < 4.78 is 25.8. The van der Waals surface area contributed by atoms with Gasteiger partial charge < -0.3 is 5.11 Å². The molecule has 9 rings (SSSR count). The SMILES string of the molecule is [2H]C([2H])([2H])c1ccc(-c2ccnc(-c3[c-]c(-c4cccc5c4nc(-c4cc(C(C)(C)C)cc(C)c4O)n5-c4ccc(CC(C)C)cc4-c4ccccc4)cc(-c4ccccc4)c3)c2)cc1.[Pt]. The van der Waals surface area contributed by atoms with Gasteiger partial charge in [-0.2, -0.15) is 0 Å². The van der Waals surface area contributed by atoms with Crippen LogP contribution in [0, 0.1) is 25.8 Å². The normalized spacial score (nSPS) is 12.5. The van der Waals surface area contributed by atoms with Crippen molar-refractivity contribution in [3.63, 3.8) is 0 Å². The van der Waals surface area contributed by atoms with Gasteiger partial charge in [-0.3, -0.25) is 9.55 Å². The van der Waals surface area contributed by atoms with Crippen molar-refractivity contribution in [2.24, 2.45) is 5.92 Å². The molecule has 0 radical (unpaired) electrons. The molecule has 0 atom stereocenters. The molecule has 2 aromatic heterocycles. The van der Waals surface area contributed by atoms with Crippen LogP contribution >= 0.6 is 0 Å². The summed E-state index contributed by atoms with van der Waals surface area (Å²) in [5.41, 5.74) is 15.9. The molecule has 0 aliphatic carbocycles. The first kappa shape index (κ1) is 39.5. The molecular formula is C58H52N3OPt-. The van der Waals surface area contributed by atoms with E-state index in [4.69, 9.17) is 14.1 Å². The van der Waals surface area contributed by atoms with E-state index in [0.29, 0.717) is 22.9 Å². The van der Waals surface area contributed by atoms with E-state index in [9.17, 15) is 5.11 Å². The van der Waals surface area contributed by atoms with Crippen LogP contribution in [0.2, 0.25) is 0 Å². The molecule has 0 saturated heterocycles. The maximum Gasteiger partial charge on any atom is 0.148 e. The van der Waals surface area contributed by atoms with E-state index >= 15 is 0 Å². The molecule has 0 spiro atoms. The van der Waals surface area contributed by atoms with Crippen molar-refractivity contribution in [2.45, 2.75) is 60.2 Å². The Bertz CT molecular complexity index is 3190. The van der Waals surface area contributed by atoms with Crippen LogP contribution < -0.4 is 0 Å². The van der Waals surface area contributed by atoms with Crippen molar-refractivity contribution in [3.05, 3.63) is 192 Å². The van der Waals surface area contributed by atoms with Crippen LogP contribution in [-0.2, 0) is 32.9 Å². The molecule has 2 heterocycles. The first-order chi connectivity index (χ1) is 31.1. The molecule has 0 saturated carbocycles. The molecule has 4 nitrogen and oxygen atoms in total. The fraction of sp³-hybridized carbons (Fsp3) is 0.172. The second-order valence-electron chi connectivity index (χ2n) is 17.8. The minimum Gasteiger partial charge on any atom is -0.507 e. The predicted octanol–water partition coefficient (Wildman–Crippen LogP) is 15.0. The van der Waals surface area contributed by atoms with Crippen molar-refractivity contribution in [2.75, 3.05) is 0 Å². The molecule has 0 amide bonds. The number of imidazole rings is 1. The first-order valence-electron chi connectivity index (χ1n) is 22.9. The Morgan fingerprint density at radius 1 is 0.667 bits per heavy atom. The number of para-hydroxylation sites is 1. The van der Waals surface area contributed by atoms with Gasteiger partial charge in [-0.05, 0) is 101 Å². The Kier molecular flexibility index (Phi) is 11.2. The minimum absolute atomic E-state index is 0. The molecule has 63 heavy (non-hydrogen) atoms. The van der Waals surface area contributed by atoms with Gasteiger partial charge in [-0.25, -0.2) is 4.98 Å². The summed E-state index contributed by atoms with van der Waals surface area (Å²) in [4.78, 5) is 10.4. The topological polar surface area (TPSA) is 50.9 Å². The zero-order valence-corrected chi connectivity index (χ0v) is 38.8. The third-order valence-corrected chi connectivity index (χ3v) is 11.6. The van der Waals surface area contributed by atoms with E-state index in [0.717, 1.165) is 90.0 Å². The molecule has 0 fully saturated rings. The van der Waals surface area contributed by atoms with Crippen LogP contribution in [0.15, 0.2) is 164 Å². The average molecular weight is 1010 g/mol. The van der Waals surface area contributed by atoms with E-state index in [-0.39, 0.29) is 32.2 Å². The maximum absolute atomic E-state index is 12.0. The molecule has 7 aromatic carbocycles. The Morgan fingerprint density at radius 2 is 1.37 bits per heavy atom. The third-order valence-electron chi connectivity index (χ3n) is 11.6. The molecule has 316 valence electrons. The van der Waals surface area contributed by atoms with Crippen molar-refractivity contribution in [3.8, 4) is 78.6 Å². The van der Waals surface area contributed by atoms with Gasteiger partial charge in [0.05, 0.1) is 22.3 Å². The monoisotopic (exact) mass is 1000 g/mol. The van der Waals surface area contributed by atoms with Gasteiger partial charge in [0.2, 0.25) is 0 Å². The minimum atomic E-state index is -2.18. The summed E-state index contributed by atoms with van der Waals surface area (Å²) in [5.74, 6) is 1.33. The largest absolute Gasteiger partial charge is 0.507 e. The number of nitrogens with zero attached hydrogens (tertiary/aromatic N) is 3. The first-order valence-corrected chi connectivity index (χ1v) is 21.4. The third kappa shape index (κ3) is 8.83. The Hall–Kier alpha value is -6.35. The molecule has 0 aliphatic heterocycles. The van der Waals surface area contributed by atoms with E-state index in [1.165, 1.54) is 5.56 Å². The summed E-state index contributed by atoms with van der Waals surface area (Å²) in [7, 11) is 0. The number of hydrogen-bond donors (Lipinski definition) is 1. The van der Waals surface area contributed by atoms with Gasteiger partial charge in [0, 0.05) is 42.6 Å². The van der Waals surface area contributed by atoms with Crippen LogP contribution in [0.1, 0.15) is 61.0 Å². The Morgan fingerprint density at radius 3 is 2.06 bits per heavy atom. The second kappa shape index (κ2) is 17.8. The molecule has 0 aliphatic rings. The van der Waals surface area contributed by atoms with Gasteiger partial charge in [0.1, 0.15) is 11.6 Å². The number of fused-ring (bicyclic) bond motifs is 1. The van der Waals surface area contributed by atoms with Crippen molar-refractivity contribution in [1.29, 1.82) is 0 Å². The van der Waals surface area contributed by atoms with E-state index in [1.807, 2.05) is 55.5 Å². The summed E-state index contributed by atoms with van der Waals surface area (Å²) >= 11 is 0. The number of aryl methyl sites for hydroxylation is 2. The smallest absolute Gasteiger partial charge is 0.148 e. The van der Waals surface area contributed by atoms with Crippen LogP contribution in [-0.4, -0.2) is 19.6 Å². The fourth-order valence-electron chi connectivity index (χ4n) is 8.42. The summed E-state index contributed by atoms with van der Waals surface area (Å²) in [6, 6.07) is 57.1. The van der Waals surface area contributed by atoms with Crippen molar-refractivity contribution in [1.82, 2.24) is 14.5 Å². The number of rotatable bonds is 9. The summed E-state index contributed by atoms with van der Waals surface area (Å²) in [6.07, 6.45) is 2.73. The fourth-order valence-corrected chi connectivity index (χ4v) is 8.42. The summed E-state index contributed by atoms with van der Waals surface area (Å²) in [6.45, 7) is 10.9. The van der Waals surface area contributed by atoms with E-state index in [2.05, 4.69) is 142 Å². The number of phenolic OH excluding ortho intramolecular Hbond substituents is 1. The zero-order chi connectivity index (χ0) is 45.6. The van der Waals surface area contributed by atoms with Crippen molar-refractivity contribution < 1.29 is 30.3 Å². The number of phenols is 1. The van der Waals surface area contributed by atoms with E-state index in [1.54, 1.807) is 18.3 Å². The Labute approximate surface area is 390 Å². The van der Waals surface area contributed by atoms with Gasteiger partial charge in [0.25, 0.3) is 0 Å². The van der Waals surface area contributed by atoms with Crippen LogP contribution in [0.4, 0.5) is 0 Å². The van der Waals surface area contributed by atoms with E-state index < -0.39 is 6.85 Å². The predicted molar refractivity (Wildman–Crippen MR) is 259 cm³/mol. The number of pyridine rings is 1. The molecule has 1 N–H and O–H groups in total. The van der Waals surface area contributed by atoms with Gasteiger partial charge in [-0.15, -0.1) is 23.8 Å². The van der Waals surface area contributed by atoms with Crippen LogP contribution in [0.25, 0.3) is 83.9 Å². The van der Waals surface area contributed by atoms with Gasteiger partial charge >= 0.3 is 0 Å². The van der Waals surface area contributed by atoms with Gasteiger partial charge in [-0.1, -0.05) is 172 Å². The average Bonchev–Trinajstić information content (AvgIpc) is 3.69. The second-order valence-corrected chi connectivity index (χ2v) is 17.8. The van der Waals surface area contributed by atoms with Crippen LogP contribution in [0.5, 0.6) is 5.75 Å². The molecule has 5 heteroatoms. The summed E-state index contributed by atoms with van der Waals surface area (Å²) in [5, 5.41) is 12.0. The number of aromatic nitrogens is 3. The standard InChI is InChI=1S/C58H52N3O.Pt/c1-37(2)29-40-23-26-53(50(31-40)43-17-12-9-13-18-43)61-54-20-14-19-49(55(54)60-57(61)51-36-48(58(5,6)7)30-39(4)56(51)62)46-32-45(41-15-10-8-11-16-41)33-47(34-46)52-35-44(27-28-59-52)42-24-21-38(3)22-25-42;/h8-28,30-33,35-37,62H,29H2,1-7H3;/q-1;/i3D3;. The molecule has 0 unspecified atom stereocenters. The maximum atomic E-state index is 12.0. The zero-order valence-electron chi connectivity index (χ0n) is 39.5. The number of benzene rings is 7. The van der Waals surface area contributed by atoms with Crippen molar-refractivity contribution >= 4 is 11.0 Å². The quantitative estimate of drug-likeness (QED) is 0.147.